The van der Waals surface area contributed by atoms with Crippen molar-refractivity contribution < 1.29 is 9.47 Å². The molecule has 0 amide bonds. The summed E-state index contributed by atoms with van der Waals surface area (Å²) in [5.74, 6) is 8.15. The minimum absolute atomic E-state index is 0.549. The van der Waals surface area contributed by atoms with Gasteiger partial charge in [0.2, 0.25) is 0 Å². The van der Waals surface area contributed by atoms with Gasteiger partial charge in [0.15, 0.2) is 5.82 Å². The van der Waals surface area contributed by atoms with E-state index in [-0.39, 0.29) is 0 Å². The van der Waals surface area contributed by atoms with E-state index >= 15 is 0 Å². The van der Waals surface area contributed by atoms with Gasteiger partial charge in [0.25, 0.3) is 0 Å². The topological polar surface area (TPSA) is 82.3 Å². The standard InChI is InChI=1S/C15H20N4O2/c1-5-11-9(2)17-14(18-15(11)19-16)12-8-10(20-3)6-7-13(12)21-4/h6-8H,5,16H2,1-4H3,(H,17,18,19). The highest BCUT2D eigenvalue weighted by Crippen LogP contribution is 2.32. The van der Waals surface area contributed by atoms with Gasteiger partial charge in [0.05, 0.1) is 19.8 Å². The molecule has 0 unspecified atom stereocenters. The minimum Gasteiger partial charge on any atom is -0.497 e. The second kappa shape index (κ2) is 6.41. The van der Waals surface area contributed by atoms with Crippen molar-refractivity contribution in [2.24, 2.45) is 5.84 Å². The van der Waals surface area contributed by atoms with Gasteiger partial charge >= 0.3 is 0 Å². The van der Waals surface area contributed by atoms with Crippen molar-refractivity contribution >= 4 is 5.82 Å². The quantitative estimate of drug-likeness (QED) is 0.649. The summed E-state index contributed by atoms with van der Waals surface area (Å²) in [6, 6.07) is 5.51. The Balaban J connectivity index is 2.63. The molecule has 112 valence electrons. The maximum atomic E-state index is 5.57. The molecular weight excluding hydrogens is 268 g/mol. The number of anilines is 1. The number of ether oxygens (including phenoxy) is 2. The number of nitrogens with zero attached hydrogens (tertiary/aromatic N) is 2. The van der Waals surface area contributed by atoms with Gasteiger partial charge in [0.1, 0.15) is 17.3 Å². The molecule has 3 N–H and O–H groups in total. The van der Waals surface area contributed by atoms with E-state index in [2.05, 4.69) is 15.4 Å². The van der Waals surface area contributed by atoms with Crippen LogP contribution in [0.2, 0.25) is 0 Å². The Morgan fingerprint density at radius 2 is 1.95 bits per heavy atom. The van der Waals surface area contributed by atoms with Gasteiger partial charge in [-0.3, -0.25) is 0 Å². The van der Waals surface area contributed by atoms with Crippen molar-refractivity contribution in [2.45, 2.75) is 20.3 Å². The molecule has 0 saturated heterocycles. The third kappa shape index (κ3) is 2.90. The lowest BCUT2D eigenvalue weighted by atomic mass is 10.1. The molecule has 0 aliphatic heterocycles. The summed E-state index contributed by atoms with van der Waals surface area (Å²) >= 11 is 0. The van der Waals surface area contributed by atoms with Gasteiger partial charge in [-0.05, 0) is 31.5 Å². The molecule has 0 saturated carbocycles. The van der Waals surface area contributed by atoms with Crippen molar-refractivity contribution in [2.75, 3.05) is 19.6 Å². The zero-order valence-electron chi connectivity index (χ0n) is 12.7. The van der Waals surface area contributed by atoms with Crippen LogP contribution in [-0.4, -0.2) is 24.2 Å². The molecule has 1 heterocycles. The first-order valence-electron chi connectivity index (χ1n) is 6.71. The predicted molar refractivity (Wildman–Crippen MR) is 82.5 cm³/mol. The summed E-state index contributed by atoms with van der Waals surface area (Å²) in [5.41, 5.74) is 5.30. The Kier molecular flexibility index (Phi) is 4.59. The highest BCUT2D eigenvalue weighted by atomic mass is 16.5. The Morgan fingerprint density at radius 3 is 2.52 bits per heavy atom. The smallest absolute Gasteiger partial charge is 0.165 e. The summed E-state index contributed by atoms with van der Waals surface area (Å²) < 4.78 is 10.6. The van der Waals surface area contributed by atoms with Crippen LogP contribution in [0.3, 0.4) is 0 Å². The van der Waals surface area contributed by atoms with Crippen LogP contribution in [0.1, 0.15) is 18.2 Å². The minimum atomic E-state index is 0.549. The van der Waals surface area contributed by atoms with E-state index in [0.717, 1.165) is 23.2 Å². The van der Waals surface area contributed by atoms with Crippen LogP contribution in [-0.2, 0) is 6.42 Å². The van der Waals surface area contributed by atoms with Gasteiger partial charge in [0, 0.05) is 11.3 Å². The first kappa shape index (κ1) is 15.1. The SMILES string of the molecule is CCc1c(C)nc(-c2cc(OC)ccc2OC)nc1NN. The van der Waals surface area contributed by atoms with Crippen LogP contribution in [0.4, 0.5) is 5.82 Å². The molecule has 0 bridgehead atoms. The molecule has 0 aliphatic rings. The molecule has 1 aromatic carbocycles. The summed E-state index contributed by atoms with van der Waals surface area (Å²) in [7, 11) is 3.23. The van der Waals surface area contributed by atoms with E-state index in [1.165, 1.54) is 0 Å². The molecule has 1 aromatic heterocycles. The molecule has 0 radical (unpaired) electrons. The van der Waals surface area contributed by atoms with Crippen molar-refractivity contribution in [3.05, 3.63) is 29.5 Å². The monoisotopic (exact) mass is 288 g/mol. The molecule has 0 aliphatic carbocycles. The Morgan fingerprint density at radius 1 is 1.19 bits per heavy atom. The summed E-state index contributed by atoms with van der Waals surface area (Å²) in [6.07, 6.45) is 0.806. The number of nitrogens with two attached hydrogens (primary N) is 1. The van der Waals surface area contributed by atoms with Crippen LogP contribution in [0.5, 0.6) is 11.5 Å². The van der Waals surface area contributed by atoms with Crippen LogP contribution < -0.4 is 20.7 Å². The highest BCUT2D eigenvalue weighted by molar-refractivity contribution is 5.68. The summed E-state index contributed by atoms with van der Waals surface area (Å²) in [6.45, 7) is 3.98. The molecule has 21 heavy (non-hydrogen) atoms. The van der Waals surface area contributed by atoms with Crippen molar-refractivity contribution in [1.29, 1.82) is 0 Å². The van der Waals surface area contributed by atoms with E-state index in [0.29, 0.717) is 23.1 Å². The van der Waals surface area contributed by atoms with Crippen LogP contribution >= 0.6 is 0 Å². The Hall–Kier alpha value is -2.34. The number of methoxy groups -OCH3 is 2. The number of benzene rings is 1. The number of hydrazine groups is 1. The third-order valence-electron chi connectivity index (χ3n) is 3.35. The van der Waals surface area contributed by atoms with Gasteiger partial charge in [-0.2, -0.15) is 0 Å². The van der Waals surface area contributed by atoms with Gasteiger partial charge in [-0.25, -0.2) is 15.8 Å². The second-order valence-electron chi connectivity index (χ2n) is 4.52. The van der Waals surface area contributed by atoms with Gasteiger partial charge in [-0.1, -0.05) is 6.92 Å². The predicted octanol–water partition coefficient (Wildman–Crippen LogP) is 2.32. The van der Waals surface area contributed by atoms with Crippen LogP contribution in [0, 0.1) is 6.92 Å². The van der Waals surface area contributed by atoms with E-state index < -0.39 is 0 Å². The number of hydrogen-bond acceptors (Lipinski definition) is 6. The number of hydrogen-bond donors (Lipinski definition) is 2. The van der Waals surface area contributed by atoms with E-state index in [9.17, 15) is 0 Å². The second-order valence-corrected chi connectivity index (χ2v) is 4.52. The number of rotatable bonds is 5. The molecule has 2 aromatic rings. The number of nitrogens with one attached hydrogen (secondary N) is 1. The van der Waals surface area contributed by atoms with Crippen LogP contribution in [0.15, 0.2) is 18.2 Å². The first-order chi connectivity index (χ1) is 10.1. The largest absolute Gasteiger partial charge is 0.497 e. The molecule has 6 heteroatoms. The maximum Gasteiger partial charge on any atom is 0.165 e. The zero-order valence-corrected chi connectivity index (χ0v) is 12.7. The highest BCUT2D eigenvalue weighted by Gasteiger charge is 2.15. The fraction of sp³-hybridized carbons (Fsp3) is 0.333. The van der Waals surface area contributed by atoms with E-state index in [4.69, 9.17) is 15.3 Å². The van der Waals surface area contributed by atoms with E-state index in [1.807, 2.05) is 32.0 Å². The summed E-state index contributed by atoms with van der Waals surface area (Å²) in [5, 5.41) is 0. The van der Waals surface area contributed by atoms with Crippen molar-refractivity contribution in [3.63, 3.8) is 0 Å². The number of aryl methyl sites for hydroxylation is 1. The lowest BCUT2D eigenvalue weighted by molar-refractivity contribution is 0.404. The van der Waals surface area contributed by atoms with E-state index in [1.54, 1.807) is 14.2 Å². The Labute approximate surface area is 124 Å². The van der Waals surface area contributed by atoms with Crippen molar-refractivity contribution in [1.82, 2.24) is 9.97 Å². The lowest BCUT2D eigenvalue weighted by Crippen LogP contribution is -2.13. The summed E-state index contributed by atoms with van der Waals surface area (Å²) in [4.78, 5) is 9.06. The first-order valence-corrected chi connectivity index (χ1v) is 6.71. The zero-order chi connectivity index (χ0) is 15.4. The molecule has 6 nitrogen and oxygen atoms in total. The average Bonchev–Trinajstić information content (AvgIpc) is 2.53. The normalized spacial score (nSPS) is 10.3. The lowest BCUT2D eigenvalue weighted by Gasteiger charge is -2.14. The fourth-order valence-electron chi connectivity index (χ4n) is 2.25. The Bertz CT molecular complexity index is 644. The van der Waals surface area contributed by atoms with Gasteiger partial charge in [-0.15, -0.1) is 0 Å². The third-order valence-corrected chi connectivity index (χ3v) is 3.35. The number of aromatic nitrogens is 2. The molecule has 0 fully saturated rings. The molecular formula is C15H20N4O2. The molecule has 2 rings (SSSR count). The molecule has 0 spiro atoms. The molecule has 0 atom stereocenters. The van der Waals surface area contributed by atoms with Crippen LogP contribution in [0.25, 0.3) is 11.4 Å². The van der Waals surface area contributed by atoms with Gasteiger partial charge < -0.3 is 14.9 Å². The number of nitrogen functional groups attached to an aromatic ring is 1. The maximum absolute atomic E-state index is 5.57. The average molecular weight is 288 g/mol. The fourth-order valence-corrected chi connectivity index (χ4v) is 2.25. The van der Waals surface area contributed by atoms with Crippen molar-refractivity contribution in [3.8, 4) is 22.9 Å².